The highest BCUT2D eigenvalue weighted by Crippen LogP contribution is 2.14. The summed E-state index contributed by atoms with van der Waals surface area (Å²) in [7, 11) is 0. The molecule has 2 aromatic rings. The Morgan fingerprint density at radius 3 is 2.94 bits per heavy atom. The van der Waals surface area contributed by atoms with Gasteiger partial charge in [-0.25, -0.2) is 14.4 Å². The first-order valence-electron chi connectivity index (χ1n) is 5.61. The fourth-order valence-corrected chi connectivity index (χ4v) is 2.19. The third kappa shape index (κ3) is 3.38. The van der Waals surface area contributed by atoms with Gasteiger partial charge in [-0.2, -0.15) is 0 Å². The Morgan fingerprint density at radius 2 is 2.22 bits per heavy atom. The van der Waals surface area contributed by atoms with Crippen LogP contribution in [-0.2, 0) is 6.42 Å². The van der Waals surface area contributed by atoms with Crippen LogP contribution in [0.15, 0.2) is 30.7 Å². The van der Waals surface area contributed by atoms with Gasteiger partial charge in [0.25, 0.3) is 0 Å². The van der Waals surface area contributed by atoms with Gasteiger partial charge in [-0.3, -0.25) is 0 Å². The zero-order valence-corrected chi connectivity index (χ0v) is 12.1. The van der Waals surface area contributed by atoms with Crippen molar-refractivity contribution in [3.63, 3.8) is 0 Å². The monoisotopic (exact) mass is 357 g/mol. The Hall–Kier alpha value is -1.24. The van der Waals surface area contributed by atoms with Gasteiger partial charge in [0.05, 0.1) is 3.57 Å². The molecule has 1 heterocycles. The Morgan fingerprint density at radius 1 is 1.39 bits per heavy atom. The molecule has 0 atom stereocenters. The number of rotatable bonds is 4. The number of hydrogen-bond acceptors (Lipinski definition) is 3. The number of halogens is 2. The maximum Gasteiger partial charge on any atom is 0.142 e. The molecule has 5 heteroatoms. The third-order valence-corrected chi connectivity index (χ3v) is 3.45. The average Bonchev–Trinajstić information content (AvgIpc) is 2.34. The molecule has 0 aliphatic heterocycles. The summed E-state index contributed by atoms with van der Waals surface area (Å²) in [5, 5.41) is 3.25. The van der Waals surface area contributed by atoms with Crippen LogP contribution >= 0.6 is 22.6 Å². The van der Waals surface area contributed by atoms with Crippen LogP contribution in [-0.4, -0.2) is 16.5 Å². The second-order valence-corrected chi connectivity index (χ2v) is 5.13. The molecule has 0 bridgehead atoms. The van der Waals surface area contributed by atoms with Crippen LogP contribution in [0, 0.1) is 16.3 Å². The Kier molecular flexibility index (Phi) is 4.46. The highest BCUT2D eigenvalue weighted by atomic mass is 127. The van der Waals surface area contributed by atoms with Crippen molar-refractivity contribution in [1.82, 2.24) is 9.97 Å². The Bertz CT molecular complexity index is 546. The molecule has 18 heavy (non-hydrogen) atoms. The van der Waals surface area contributed by atoms with E-state index in [2.05, 4.69) is 37.9 Å². The van der Waals surface area contributed by atoms with E-state index in [9.17, 15) is 4.39 Å². The zero-order valence-electron chi connectivity index (χ0n) is 9.95. The van der Waals surface area contributed by atoms with Gasteiger partial charge in [-0.1, -0.05) is 6.07 Å². The van der Waals surface area contributed by atoms with E-state index >= 15 is 0 Å². The highest BCUT2D eigenvalue weighted by molar-refractivity contribution is 14.1. The summed E-state index contributed by atoms with van der Waals surface area (Å²) >= 11 is 2.19. The molecule has 0 saturated carbocycles. The Balaban J connectivity index is 1.95. The van der Waals surface area contributed by atoms with Gasteiger partial charge in [-0.15, -0.1) is 0 Å². The van der Waals surface area contributed by atoms with E-state index in [1.807, 2.05) is 13.0 Å². The summed E-state index contributed by atoms with van der Waals surface area (Å²) in [5.74, 6) is 0.653. The van der Waals surface area contributed by atoms with Gasteiger partial charge in [-0.05, 0) is 59.2 Å². The molecule has 0 radical (unpaired) electrons. The van der Waals surface area contributed by atoms with E-state index in [0.717, 1.165) is 33.5 Å². The zero-order chi connectivity index (χ0) is 13.0. The summed E-state index contributed by atoms with van der Waals surface area (Å²) in [6.45, 7) is 2.69. The van der Waals surface area contributed by atoms with E-state index in [-0.39, 0.29) is 5.82 Å². The number of hydrogen-bond donors (Lipinski definition) is 1. The fourth-order valence-electron chi connectivity index (χ4n) is 1.70. The molecule has 0 unspecified atom stereocenters. The quantitative estimate of drug-likeness (QED) is 0.855. The molecule has 1 aromatic carbocycles. The first-order chi connectivity index (χ1) is 8.66. The topological polar surface area (TPSA) is 37.8 Å². The van der Waals surface area contributed by atoms with E-state index in [1.54, 1.807) is 12.3 Å². The molecule has 3 nitrogen and oxygen atoms in total. The van der Waals surface area contributed by atoms with E-state index in [4.69, 9.17) is 0 Å². The van der Waals surface area contributed by atoms with Crippen molar-refractivity contribution in [2.75, 3.05) is 11.9 Å². The molecule has 0 saturated heterocycles. The van der Waals surface area contributed by atoms with Crippen LogP contribution < -0.4 is 5.32 Å². The first kappa shape index (κ1) is 13.2. The molecular formula is C13H13FIN3. The van der Waals surface area contributed by atoms with Crippen LogP contribution in [0.2, 0.25) is 0 Å². The van der Waals surface area contributed by atoms with Gasteiger partial charge in [0.2, 0.25) is 0 Å². The number of anilines is 1. The van der Waals surface area contributed by atoms with Gasteiger partial charge >= 0.3 is 0 Å². The molecular weight excluding hydrogens is 344 g/mol. The minimum absolute atomic E-state index is 0.186. The number of aromatic nitrogens is 2. The molecule has 0 fully saturated rings. The van der Waals surface area contributed by atoms with Crippen molar-refractivity contribution in [1.29, 1.82) is 0 Å². The van der Waals surface area contributed by atoms with Crippen LogP contribution in [0.1, 0.15) is 11.1 Å². The second-order valence-electron chi connectivity index (χ2n) is 3.97. The van der Waals surface area contributed by atoms with Crippen LogP contribution in [0.3, 0.4) is 0 Å². The van der Waals surface area contributed by atoms with Gasteiger partial charge in [0.15, 0.2) is 0 Å². The molecule has 0 aliphatic rings. The van der Waals surface area contributed by atoms with Crippen molar-refractivity contribution < 1.29 is 4.39 Å². The molecule has 0 aliphatic carbocycles. The van der Waals surface area contributed by atoms with Crippen LogP contribution in [0.25, 0.3) is 0 Å². The Labute approximate surface area is 119 Å². The fraction of sp³-hybridized carbons (Fsp3) is 0.231. The predicted octanol–water partition coefficient (Wildman–Crippen LogP) is 3.18. The minimum Gasteiger partial charge on any atom is -0.369 e. The third-order valence-electron chi connectivity index (χ3n) is 2.66. The maximum atomic E-state index is 13.0. The highest BCUT2D eigenvalue weighted by Gasteiger charge is 2.02. The smallest absolute Gasteiger partial charge is 0.142 e. The lowest BCUT2D eigenvalue weighted by Gasteiger charge is -2.08. The van der Waals surface area contributed by atoms with E-state index < -0.39 is 0 Å². The molecule has 94 valence electrons. The average molecular weight is 357 g/mol. The lowest BCUT2D eigenvalue weighted by atomic mass is 10.1. The van der Waals surface area contributed by atoms with Gasteiger partial charge in [0, 0.05) is 12.7 Å². The van der Waals surface area contributed by atoms with Crippen molar-refractivity contribution in [2.24, 2.45) is 0 Å². The summed E-state index contributed by atoms with van der Waals surface area (Å²) in [6, 6.07) is 4.89. The van der Waals surface area contributed by atoms with Crippen molar-refractivity contribution in [2.45, 2.75) is 13.3 Å². The number of nitrogens with zero attached hydrogens (tertiary/aromatic N) is 2. The predicted molar refractivity (Wildman–Crippen MR) is 78.1 cm³/mol. The number of aryl methyl sites for hydroxylation is 1. The normalized spacial score (nSPS) is 10.4. The molecule has 1 N–H and O–H groups in total. The molecule has 2 rings (SSSR count). The lowest BCUT2D eigenvalue weighted by Crippen LogP contribution is -2.08. The SMILES string of the molecule is Cc1cc(F)ccc1CCNc1ncncc1I. The summed E-state index contributed by atoms with van der Waals surface area (Å²) in [4.78, 5) is 8.09. The summed E-state index contributed by atoms with van der Waals surface area (Å²) in [5.41, 5.74) is 2.13. The van der Waals surface area contributed by atoms with Crippen molar-refractivity contribution >= 4 is 28.4 Å². The standard InChI is InChI=1S/C13H13FIN3/c1-9-6-11(14)3-2-10(9)4-5-17-13-12(15)7-16-8-18-13/h2-3,6-8H,4-5H2,1H3,(H,16,17,18). The van der Waals surface area contributed by atoms with Crippen molar-refractivity contribution in [3.8, 4) is 0 Å². The summed E-state index contributed by atoms with van der Waals surface area (Å²) < 4.78 is 13.9. The largest absolute Gasteiger partial charge is 0.369 e. The first-order valence-corrected chi connectivity index (χ1v) is 6.69. The minimum atomic E-state index is -0.186. The lowest BCUT2D eigenvalue weighted by molar-refractivity contribution is 0.625. The van der Waals surface area contributed by atoms with E-state index in [1.165, 1.54) is 12.4 Å². The van der Waals surface area contributed by atoms with Crippen LogP contribution in [0.4, 0.5) is 10.2 Å². The number of benzene rings is 1. The van der Waals surface area contributed by atoms with Crippen molar-refractivity contribution in [3.05, 3.63) is 51.2 Å². The van der Waals surface area contributed by atoms with E-state index in [0.29, 0.717) is 0 Å². The molecule has 1 aromatic heterocycles. The van der Waals surface area contributed by atoms with Crippen LogP contribution in [0.5, 0.6) is 0 Å². The summed E-state index contributed by atoms with van der Waals surface area (Å²) in [6.07, 6.45) is 4.12. The number of nitrogens with one attached hydrogen (secondary N) is 1. The van der Waals surface area contributed by atoms with Gasteiger partial charge < -0.3 is 5.32 Å². The van der Waals surface area contributed by atoms with Gasteiger partial charge in [0.1, 0.15) is 18.0 Å². The second kappa shape index (κ2) is 6.08. The molecule has 0 amide bonds. The maximum absolute atomic E-state index is 13.0. The molecule has 0 spiro atoms.